The van der Waals surface area contributed by atoms with Crippen LogP contribution in [-0.2, 0) is 11.0 Å². The minimum atomic E-state index is -4.42. The SMILES string of the molecule is CN1C(=O)[C@@H]2CC[C@H]1CN(C(=O)c1ccc(C(F)(F)F)cc1)C2. The largest absolute Gasteiger partial charge is 0.416 e. The molecule has 0 aromatic heterocycles. The van der Waals surface area contributed by atoms with Gasteiger partial charge in [0, 0.05) is 31.7 Å². The fourth-order valence-electron chi connectivity index (χ4n) is 3.31. The summed E-state index contributed by atoms with van der Waals surface area (Å²) in [5.74, 6) is -0.486. The van der Waals surface area contributed by atoms with E-state index in [4.69, 9.17) is 0 Å². The fourth-order valence-corrected chi connectivity index (χ4v) is 3.31. The Balaban J connectivity index is 1.80. The molecule has 4 rings (SSSR count). The lowest BCUT2D eigenvalue weighted by Gasteiger charge is -2.32. The molecule has 4 nitrogen and oxygen atoms in total. The topological polar surface area (TPSA) is 40.6 Å². The van der Waals surface area contributed by atoms with Crippen LogP contribution in [0.3, 0.4) is 0 Å². The molecule has 0 saturated carbocycles. The number of hydrogen-bond donors (Lipinski definition) is 0. The lowest BCUT2D eigenvalue weighted by Crippen LogP contribution is -2.45. The van der Waals surface area contributed by atoms with Crippen LogP contribution in [0.2, 0.25) is 0 Å². The molecule has 3 heterocycles. The Morgan fingerprint density at radius 1 is 1.13 bits per heavy atom. The second-order valence-corrected chi connectivity index (χ2v) is 6.16. The van der Waals surface area contributed by atoms with E-state index >= 15 is 0 Å². The van der Waals surface area contributed by atoms with Crippen molar-refractivity contribution in [2.75, 3.05) is 20.1 Å². The normalized spacial score (nSPS) is 24.8. The lowest BCUT2D eigenvalue weighted by molar-refractivity contribution is -0.138. The first-order chi connectivity index (χ1) is 10.8. The molecule has 3 aliphatic rings. The predicted octanol–water partition coefficient (Wildman–Crippen LogP) is 2.40. The summed E-state index contributed by atoms with van der Waals surface area (Å²) in [7, 11) is 1.74. The van der Waals surface area contributed by atoms with Crippen LogP contribution in [-0.4, -0.2) is 47.8 Å². The van der Waals surface area contributed by atoms with E-state index in [0.717, 1.165) is 25.0 Å². The van der Waals surface area contributed by atoms with Crippen molar-refractivity contribution < 1.29 is 22.8 Å². The number of hydrogen-bond acceptors (Lipinski definition) is 2. The highest BCUT2D eigenvalue weighted by atomic mass is 19.4. The number of benzene rings is 1. The van der Waals surface area contributed by atoms with Gasteiger partial charge in [-0.2, -0.15) is 13.2 Å². The van der Waals surface area contributed by atoms with Crippen molar-refractivity contribution in [1.82, 2.24) is 9.80 Å². The van der Waals surface area contributed by atoms with Gasteiger partial charge in [0.2, 0.25) is 5.91 Å². The Morgan fingerprint density at radius 3 is 2.39 bits per heavy atom. The Kier molecular flexibility index (Phi) is 3.82. The van der Waals surface area contributed by atoms with Gasteiger partial charge in [-0.1, -0.05) is 0 Å². The predicted molar refractivity (Wildman–Crippen MR) is 76.6 cm³/mol. The minimum Gasteiger partial charge on any atom is -0.341 e. The zero-order valence-electron chi connectivity index (χ0n) is 12.6. The summed E-state index contributed by atoms with van der Waals surface area (Å²) < 4.78 is 37.8. The average molecular weight is 326 g/mol. The molecule has 23 heavy (non-hydrogen) atoms. The molecule has 7 heteroatoms. The van der Waals surface area contributed by atoms with E-state index in [9.17, 15) is 22.8 Å². The summed E-state index contributed by atoms with van der Waals surface area (Å²) in [5, 5.41) is 0. The van der Waals surface area contributed by atoms with Gasteiger partial charge in [-0.3, -0.25) is 9.59 Å². The number of piperidine rings is 1. The van der Waals surface area contributed by atoms with Gasteiger partial charge in [-0.15, -0.1) is 0 Å². The molecule has 0 radical (unpaired) electrons. The van der Waals surface area contributed by atoms with Gasteiger partial charge >= 0.3 is 6.18 Å². The van der Waals surface area contributed by atoms with Crippen molar-refractivity contribution in [1.29, 1.82) is 0 Å². The minimum absolute atomic E-state index is 0.0142. The molecule has 1 aromatic rings. The van der Waals surface area contributed by atoms with Gasteiger partial charge in [0.05, 0.1) is 11.5 Å². The molecule has 0 aliphatic carbocycles. The van der Waals surface area contributed by atoms with Crippen LogP contribution in [0.4, 0.5) is 13.2 Å². The fraction of sp³-hybridized carbons (Fsp3) is 0.500. The monoisotopic (exact) mass is 326 g/mol. The van der Waals surface area contributed by atoms with Gasteiger partial charge < -0.3 is 9.80 Å². The smallest absolute Gasteiger partial charge is 0.341 e. The molecular weight excluding hydrogens is 309 g/mol. The number of halogens is 3. The first-order valence-corrected chi connectivity index (χ1v) is 7.50. The Bertz CT molecular complexity index is 627. The number of amides is 2. The van der Waals surface area contributed by atoms with E-state index in [2.05, 4.69) is 0 Å². The maximum atomic E-state index is 12.6. The first kappa shape index (κ1) is 15.8. The average Bonchev–Trinajstić information content (AvgIpc) is 2.80. The third-order valence-corrected chi connectivity index (χ3v) is 4.71. The molecule has 3 aliphatic heterocycles. The quantitative estimate of drug-likeness (QED) is 0.795. The molecule has 2 amide bonds. The van der Waals surface area contributed by atoms with Crippen LogP contribution in [0.1, 0.15) is 28.8 Å². The highest BCUT2D eigenvalue weighted by Gasteiger charge is 2.40. The van der Waals surface area contributed by atoms with Gasteiger partial charge in [0.1, 0.15) is 0 Å². The molecule has 2 bridgehead atoms. The molecule has 1 aromatic carbocycles. The van der Waals surface area contributed by atoms with Crippen molar-refractivity contribution >= 4 is 11.8 Å². The maximum absolute atomic E-state index is 12.6. The highest BCUT2D eigenvalue weighted by Crippen LogP contribution is 2.31. The van der Waals surface area contributed by atoms with Crippen molar-refractivity contribution in [3.05, 3.63) is 35.4 Å². The summed E-state index contributed by atoms with van der Waals surface area (Å²) in [6.07, 6.45) is -2.81. The number of fused-ring (bicyclic) bond motifs is 4. The van der Waals surface area contributed by atoms with Crippen molar-refractivity contribution in [2.45, 2.75) is 25.1 Å². The standard InChI is InChI=1S/C16H17F3N2O2/c1-20-13-7-4-11(14(20)22)8-21(9-13)15(23)10-2-5-12(6-3-10)16(17,18)19/h2-3,5-6,11,13H,4,7-9H2,1H3/t11-,13+/m1/s1. The molecule has 2 atom stereocenters. The van der Waals surface area contributed by atoms with E-state index in [1.165, 1.54) is 12.1 Å². The van der Waals surface area contributed by atoms with E-state index < -0.39 is 11.7 Å². The van der Waals surface area contributed by atoms with Gasteiger partial charge in [-0.25, -0.2) is 0 Å². The number of carbonyl (C=O) groups is 2. The molecule has 0 N–H and O–H groups in total. The maximum Gasteiger partial charge on any atom is 0.416 e. The van der Waals surface area contributed by atoms with E-state index in [0.29, 0.717) is 13.1 Å². The number of nitrogens with zero attached hydrogens (tertiary/aromatic N) is 2. The van der Waals surface area contributed by atoms with Gasteiger partial charge in [0.25, 0.3) is 5.91 Å². The Morgan fingerprint density at radius 2 is 1.78 bits per heavy atom. The summed E-state index contributed by atoms with van der Waals surface area (Å²) in [6.45, 7) is 0.762. The Labute approximate surface area is 131 Å². The molecule has 3 saturated heterocycles. The summed E-state index contributed by atoms with van der Waals surface area (Å²) in [4.78, 5) is 28.0. The van der Waals surface area contributed by atoms with Crippen LogP contribution in [0.25, 0.3) is 0 Å². The molecule has 0 spiro atoms. The van der Waals surface area contributed by atoms with Crippen LogP contribution in [0.5, 0.6) is 0 Å². The summed E-state index contributed by atoms with van der Waals surface area (Å²) in [6, 6.07) is 4.21. The van der Waals surface area contributed by atoms with Crippen LogP contribution >= 0.6 is 0 Å². The lowest BCUT2D eigenvalue weighted by atomic mass is 9.95. The number of rotatable bonds is 1. The van der Waals surface area contributed by atoms with Crippen LogP contribution < -0.4 is 0 Å². The van der Waals surface area contributed by atoms with E-state index in [1.807, 2.05) is 0 Å². The third-order valence-electron chi connectivity index (χ3n) is 4.71. The second kappa shape index (κ2) is 5.54. The van der Waals surface area contributed by atoms with Crippen LogP contribution in [0, 0.1) is 5.92 Å². The second-order valence-electron chi connectivity index (χ2n) is 6.16. The number of likely N-dealkylation sites (N-methyl/N-ethyl adjacent to an activating group) is 1. The zero-order valence-corrected chi connectivity index (χ0v) is 12.6. The van der Waals surface area contributed by atoms with Crippen molar-refractivity contribution in [3.8, 4) is 0 Å². The van der Waals surface area contributed by atoms with Crippen molar-refractivity contribution in [2.24, 2.45) is 5.92 Å². The van der Waals surface area contributed by atoms with Gasteiger partial charge in [-0.05, 0) is 37.1 Å². The number of carbonyl (C=O) groups excluding carboxylic acids is 2. The van der Waals surface area contributed by atoms with E-state index in [-0.39, 0.29) is 29.3 Å². The van der Waals surface area contributed by atoms with Crippen LogP contribution in [0.15, 0.2) is 24.3 Å². The zero-order chi connectivity index (χ0) is 16.8. The molecule has 0 unspecified atom stereocenters. The molecule has 3 fully saturated rings. The Hall–Kier alpha value is -2.05. The van der Waals surface area contributed by atoms with E-state index in [1.54, 1.807) is 16.8 Å². The highest BCUT2D eigenvalue weighted by molar-refractivity contribution is 5.95. The molecule has 124 valence electrons. The summed E-state index contributed by atoms with van der Waals surface area (Å²) in [5.41, 5.74) is -0.561. The summed E-state index contributed by atoms with van der Waals surface area (Å²) >= 11 is 0. The van der Waals surface area contributed by atoms with Crippen molar-refractivity contribution in [3.63, 3.8) is 0 Å². The molecular formula is C16H17F3N2O2. The van der Waals surface area contributed by atoms with Gasteiger partial charge in [0.15, 0.2) is 0 Å². The first-order valence-electron chi connectivity index (χ1n) is 7.50. The third kappa shape index (κ3) is 2.92. The number of alkyl halides is 3.